The fourth-order valence-corrected chi connectivity index (χ4v) is 6.05. The number of hydrogen-bond donors (Lipinski definition) is 2. The lowest BCUT2D eigenvalue weighted by Crippen LogP contribution is -2.43. The van der Waals surface area contributed by atoms with Crippen LogP contribution in [0.4, 0.5) is 11.4 Å². The SMILES string of the molecule is Cc1cc(Cl)cc(Cl)c1S(=O)(=O)Nc1ccc(N2CCNCC2)c2ccccc12. The molecule has 0 aliphatic carbocycles. The Bertz CT molecular complexity index is 1150. The number of piperazine rings is 1. The Morgan fingerprint density at radius 1 is 1.00 bits per heavy atom. The zero-order chi connectivity index (χ0) is 20.6. The third kappa shape index (κ3) is 4.03. The van der Waals surface area contributed by atoms with Crippen molar-refractivity contribution in [2.24, 2.45) is 0 Å². The topological polar surface area (TPSA) is 61.4 Å². The van der Waals surface area contributed by atoms with Gasteiger partial charge < -0.3 is 10.2 Å². The second-order valence-corrected chi connectivity index (χ2v) is 9.52. The average molecular weight is 450 g/mol. The maximum atomic E-state index is 13.1. The van der Waals surface area contributed by atoms with Crippen LogP contribution in [0.5, 0.6) is 0 Å². The van der Waals surface area contributed by atoms with E-state index in [1.807, 2.05) is 36.4 Å². The summed E-state index contributed by atoms with van der Waals surface area (Å²) in [5, 5.41) is 5.70. The van der Waals surface area contributed by atoms with Gasteiger partial charge in [-0.25, -0.2) is 8.42 Å². The van der Waals surface area contributed by atoms with E-state index in [1.165, 1.54) is 6.07 Å². The van der Waals surface area contributed by atoms with Crippen LogP contribution in [0.25, 0.3) is 10.8 Å². The summed E-state index contributed by atoms with van der Waals surface area (Å²) in [6.07, 6.45) is 0. The van der Waals surface area contributed by atoms with Gasteiger partial charge in [-0.15, -0.1) is 0 Å². The molecule has 5 nitrogen and oxygen atoms in total. The molecule has 1 saturated heterocycles. The molecule has 29 heavy (non-hydrogen) atoms. The molecule has 0 radical (unpaired) electrons. The third-order valence-electron chi connectivity index (χ3n) is 5.07. The summed E-state index contributed by atoms with van der Waals surface area (Å²) in [7, 11) is -3.88. The van der Waals surface area contributed by atoms with Crippen molar-refractivity contribution in [2.75, 3.05) is 35.8 Å². The van der Waals surface area contributed by atoms with Gasteiger partial charge in [0, 0.05) is 47.7 Å². The van der Waals surface area contributed by atoms with Gasteiger partial charge in [0.2, 0.25) is 0 Å². The highest BCUT2D eigenvalue weighted by Crippen LogP contribution is 2.35. The molecule has 0 atom stereocenters. The Morgan fingerprint density at radius 3 is 2.38 bits per heavy atom. The molecule has 1 aliphatic rings. The highest BCUT2D eigenvalue weighted by atomic mass is 35.5. The first kappa shape index (κ1) is 20.3. The Hall–Kier alpha value is -1.99. The molecular weight excluding hydrogens is 429 g/mol. The molecule has 0 bridgehead atoms. The summed E-state index contributed by atoms with van der Waals surface area (Å²) in [4.78, 5) is 2.36. The minimum absolute atomic E-state index is 0.0406. The number of nitrogens with one attached hydrogen (secondary N) is 2. The summed E-state index contributed by atoms with van der Waals surface area (Å²) >= 11 is 12.2. The second kappa shape index (κ2) is 8.03. The molecule has 1 aliphatic heterocycles. The maximum Gasteiger partial charge on any atom is 0.263 e. The lowest BCUT2D eigenvalue weighted by Gasteiger charge is -2.31. The Balaban J connectivity index is 1.78. The molecule has 0 aromatic heterocycles. The maximum absolute atomic E-state index is 13.1. The van der Waals surface area contributed by atoms with Crippen molar-refractivity contribution >= 4 is 55.4 Å². The number of rotatable bonds is 4. The molecule has 0 amide bonds. The molecule has 0 saturated carbocycles. The summed E-state index contributed by atoms with van der Waals surface area (Å²) < 4.78 is 29.0. The van der Waals surface area contributed by atoms with Gasteiger partial charge in [-0.3, -0.25) is 4.72 Å². The number of anilines is 2. The van der Waals surface area contributed by atoms with E-state index in [0.717, 1.165) is 42.6 Å². The molecule has 1 heterocycles. The molecule has 0 unspecified atom stereocenters. The third-order valence-corrected chi connectivity index (χ3v) is 7.26. The Kier molecular flexibility index (Phi) is 5.62. The fourth-order valence-electron chi connectivity index (χ4n) is 3.78. The average Bonchev–Trinajstić information content (AvgIpc) is 2.67. The number of fused-ring (bicyclic) bond motifs is 1. The molecule has 152 valence electrons. The first-order valence-corrected chi connectivity index (χ1v) is 11.6. The highest BCUT2D eigenvalue weighted by molar-refractivity contribution is 7.93. The monoisotopic (exact) mass is 449 g/mol. The number of sulfonamides is 1. The molecule has 2 N–H and O–H groups in total. The predicted molar refractivity (Wildman–Crippen MR) is 121 cm³/mol. The van der Waals surface area contributed by atoms with Crippen LogP contribution in [-0.2, 0) is 10.0 Å². The van der Waals surface area contributed by atoms with Gasteiger partial charge in [-0.1, -0.05) is 47.5 Å². The molecule has 3 aromatic carbocycles. The van der Waals surface area contributed by atoms with Gasteiger partial charge in [-0.05, 0) is 36.8 Å². The van der Waals surface area contributed by atoms with Crippen molar-refractivity contribution in [2.45, 2.75) is 11.8 Å². The van der Waals surface area contributed by atoms with Gasteiger partial charge >= 0.3 is 0 Å². The molecule has 3 aromatic rings. The predicted octanol–water partition coefficient (Wildman–Crippen LogP) is 4.67. The quantitative estimate of drug-likeness (QED) is 0.607. The zero-order valence-corrected chi connectivity index (χ0v) is 18.2. The van der Waals surface area contributed by atoms with Crippen LogP contribution in [0.15, 0.2) is 53.4 Å². The van der Waals surface area contributed by atoms with Crippen molar-refractivity contribution < 1.29 is 8.42 Å². The Labute approximate surface area is 180 Å². The zero-order valence-electron chi connectivity index (χ0n) is 15.9. The number of halogens is 2. The molecule has 8 heteroatoms. The molecular formula is C21H21Cl2N3O2S. The van der Waals surface area contributed by atoms with Gasteiger partial charge in [0.25, 0.3) is 10.0 Å². The van der Waals surface area contributed by atoms with Crippen LogP contribution in [0, 0.1) is 6.92 Å². The lowest BCUT2D eigenvalue weighted by atomic mass is 10.1. The minimum Gasteiger partial charge on any atom is -0.368 e. The van der Waals surface area contributed by atoms with Crippen LogP contribution in [-0.4, -0.2) is 34.6 Å². The van der Waals surface area contributed by atoms with Crippen LogP contribution in [0.3, 0.4) is 0 Å². The van der Waals surface area contributed by atoms with E-state index in [0.29, 0.717) is 16.3 Å². The number of aryl methyl sites for hydroxylation is 1. The van der Waals surface area contributed by atoms with Crippen molar-refractivity contribution in [3.05, 3.63) is 64.1 Å². The smallest absolute Gasteiger partial charge is 0.263 e. The van der Waals surface area contributed by atoms with Crippen molar-refractivity contribution in [1.82, 2.24) is 5.32 Å². The van der Waals surface area contributed by atoms with Gasteiger partial charge in [0.15, 0.2) is 0 Å². The summed E-state index contributed by atoms with van der Waals surface area (Å²) in [5.41, 5.74) is 2.12. The van der Waals surface area contributed by atoms with E-state index in [4.69, 9.17) is 23.2 Å². The number of benzene rings is 3. The van der Waals surface area contributed by atoms with E-state index in [2.05, 4.69) is 14.9 Å². The fraction of sp³-hybridized carbons (Fsp3) is 0.238. The van der Waals surface area contributed by atoms with Gasteiger partial charge in [-0.2, -0.15) is 0 Å². The van der Waals surface area contributed by atoms with E-state index in [9.17, 15) is 8.42 Å². The van der Waals surface area contributed by atoms with E-state index < -0.39 is 10.0 Å². The minimum atomic E-state index is -3.88. The van der Waals surface area contributed by atoms with Crippen LogP contribution < -0.4 is 14.9 Å². The van der Waals surface area contributed by atoms with E-state index in [-0.39, 0.29) is 9.92 Å². The number of hydrogen-bond acceptors (Lipinski definition) is 4. The van der Waals surface area contributed by atoms with Crippen LogP contribution >= 0.6 is 23.2 Å². The van der Waals surface area contributed by atoms with E-state index >= 15 is 0 Å². The highest BCUT2D eigenvalue weighted by Gasteiger charge is 2.23. The lowest BCUT2D eigenvalue weighted by molar-refractivity contribution is 0.590. The van der Waals surface area contributed by atoms with Crippen molar-refractivity contribution in [3.63, 3.8) is 0 Å². The Morgan fingerprint density at radius 2 is 1.69 bits per heavy atom. The van der Waals surface area contributed by atoms with Gasteiger partial charge in [0.1, 0.15) is 4.90 Å². The van der Waals surface area contributed by atoms with Crippen LogP contribution in [0.1, 0.15) is 5.56 Å². The summed E-state index contributed by atoms with van der Waals surface area (Å²) in [6, 6.07) is 14.6. The molecule has 0 spiro atoms. The first-order chi connectivity index (χ1) is 13.9. The van der Waals surface area contributed by atoms with Crippen molar-refractivity contribution in [3.8, 4) is 0 Å². The number of nitrogens with zero attached hydrogens (tertiary/aromatic N) is 1. The largest absolute Gasteiger partial charge is 0.368 e. The van der Waals surface area contributed by atoms with Crippen LogP contribution in [0.2, 0.25) is 10.0 Å². The summed E-state index contributed by atoms with van der Waals surface area (Å²) in [5.74, 6) is 0. The van der Waals surface area contributed by atoms with E-state index in [1.54, 1.807) is 13.0 Å². The summed E-state index contributed by atoms with van der Waals surface area (Å²) in [6.45, 7) is 5.36. The normalized spacial score (nSPS) is 14.9. The van der Waals surface area contributed by atoms with Gasteiger partial charge in [0.05, 0.1) is 10.7 Å². The molecule has 4 rings (SSSR count). The first-order valence-electron chi connectivity index (χ1n) is 9.33. The second-order valence-electron chi connectivity index (χ2n) is 7.05. The standard InChI is InChI=1S/C21H21Cl2N3O2S/c1-14-12-15(22)13-18(23)21(14)29(27,28)25-19-6-7-20(26-10-8-24-9-11-26)17-5-3-2-4-16(17)19/h2-7,12-13,24-25H,8-11H2,1H3. The molecule has 1 fully saturated rings. The van der Waals surface area contributed by atoms with Crippen molar-refractivity contribution in [1.29, 1.82) is 0 Å².